The molecule has 2 aliphatic heterocycles. The van der Waals surface area contributed by atoms with E-state index in [1.165, 1.54) is 5.56 Å². The molecule has 1 fully saturated rings. The van der Waals surface area contributed by atoms with E-state index >= 15 is 0 Å². The highest BCUT2D eigenvalue weighted by atomic mass is 16.5. The molecule has 1 N–H and O–H groups in total. The van der Waals surface area contributed by atoms with Gasteiger partial charge in [-0.25, -0.2) is 0 Å². The lowest BCUT2D eigenvalue weighted by Gasteiger charge is -2.33. The van der Waals surface area contributed by atoms with Crippen molar-refractivity contribution in [3.8, 4) is 5.75 Å². The van der Waals surface area contributed by atoms with Crippen LogP contribution in [0, 0.1) is 5.92 Å². The molecule has 1 saturated heterocycles. The summed E-state index contributed by atoms with van der Waals surface area (Å²) in [5.74, 6) is 1.41. The van der Waals surface area contributed by atoms with Gasteiger partial charge in [0.05, 0.1) is 18.8 Å². The average molecular weight is 274 g/mol. The van der Waals surface area contributed by atoms with Crippen molar-refractivity contribution < 1.29 is 9.53 Å². The Balaban J connectivity index is 1.95. The third kappa shape index (κ3) is 2.18. The number of anilines is 1. The molecule has 2 aliphatic rings. The van der Waals surface area contributed by atoms with Crippen molar-refractivity contribution in [3.05, 3.63) is 23.8 Å². The quantitative estimate of drug-likeness (QED) is 0.896. The van der Waals surface area contributed by atoms with E-state index in [1.54, 1.807) is 7.11 Å². The van der Waals surface area contributed by atoms with Crippen molar-refractivity contribution in [1.82, 2.24) is 5.32 Å². The summed E-state index contributed by atoms with van der Waals surface area (Å²) in [7, 11) is 1.67. The Morgan fingerprint density at radius 1 is 1.45 bits per heavy atom. The number of rotatable bonds is 2. The van der Waals surface area contributed by atoms with Gasteiger partial charge in [-0.1, -0.05) is 19.1 Å². The van der Waals surface area contributed by atoms with Crippen molar-refractivity contribution in [3.63, 3.8) is 0 Å². The van der Waals surface area contributed by atoms with E-state index in [-0.39, 0.29) is 11.9 Å². The minimum Gasteiger partial charge on any atom is -0.495 e. The van der Waals surface area contributed by atoms with Crippen LogP contribution in [-0.2, 0) is 11.2 Å². The first-order valence-corrected chi connectivity index (χ1v) is 7.43. The second kappa shape index (κ2) is 5.44. The predicted octanol–water partition coefficient (Wildman–Crippen LogP) is 1.97. The van der Waals surface area contributed by atoms with E-state index in [4.69, 9.17) is 4.74 Å². The van der Waals surface area contributed by atoms with Crippen LogP contribution in [0.5, 0.6) is 5.75 Å². The monoisotopic (exact) mass is 274 g/mol. The van der Waals surface area contributed by atoms with Gasteiger partial charge in [-0.15, -0.1) is 0 Å². The van der Waals surface area contributed by atoms with Gasteiger partial charge in [0.25, 0.3) is 0 Å². The van der Waals surface area contributed by atoms with Crippen LogP contribution in [0.3, 0.4) is 0 Å². The maximum atomic E-state index is 12.8. The zero-order valence-electron chi connectivity index (χ0n) is 12.2. The lowest BCUT2D eigenvalue weighted by molar-refractivity contribution is -0.121. The molecule has 3 rings (SSSR count). The third-order valence-electron chi connectivity index (χ3n) is 4.47. The van der Waals surface area contributed by atoms with Crippen molar-refractivity contribution in [2.75, 3.05) is 25.1 Å². The summed E-state index contributed by atoms with van der Waals surface area (Å²) in [5.41, 5.74) is 2.20. The number of ether oxygens (including phenoxy) is 1. The largest absolute Gasteiger partial charge is 0.495 e. The van der Waals surface area contributed by atoms with Crippen molar-refractivity contribution in [2.24, 2.45) is 5.92 Å². The Bertz CT molecular complexity index is 501. The van der Waals surface area contributed by atoms with Crippen LogP contribution in [0.2, 0.25) is 0 Å². The second-order valence-corrected chi connectivity index (χ2v) is 5.76. The fourth-order valence-electron chi connectivity index (χ4n) is 3.33. The molecule has 0 aliphatic carbocycles. The summed E-state index contributed by atoms with van der Waals surface area (Å²) < 4.78 is 5.47. The number of amides is 1. The van der Waals surface area contributed by atoms with Gasteiger partial charge >= 0.3 is 0 Å². The molecule has 0 bridgehead atoms. The van der Waals surface area contributed by atoms with E-state index in [9.17, 15) is 4.79 Å². The molecule has 0 saturated carbocycles. The highest BCUT2D eigenvalue weighted by Gasteiger charge is 2.35. The minimum absolute atomic E-state index is 0.0501. The molecule has 2 unspecified atom stereocenters. The van der Waals surface area contributed by atoms with Crippen LogP contribution in [-0.4, -0.2) is 32.1 Å². The summed E-state index contributed by atoms with van der Waals surface area (Å²) in [4.78, 5) is 14.8. The molecule has 2 heterocycles. The zero-order valence-corrected chi connectivity index (χ0v) is 12.2. The van der Waals surface area contributed by atoms with E-state index in [0.717, 1.165) is 43.8 Å². The molecule has 1 aromatic carbocycles. The fourth-order valence-corrected chi connectivity index (χ4v) is 3.33. The van der Waals surface area contributed by atoms with E-state index in [0.29, 0.717) is 5.92 Å². The van der Waals surface area contributed by atoms with Crippen LogP contribution in [0.15, 0.2) is 18.2 Å². The first kappa shape index (κ1) is 13.4. The molecule has 4 nitrogen and oxygen atoms in total. The number of nitrogens with one attached hydrogen (secondary N) is 1. The number of hydrogen-bond acceptors (Lipinski definition) is 3. The molecule has 1 aromatic rings. The Hall–Kier alpha value is -1.55. The standard InChI is InChI=1S/C16H22N2O2/c1-11-8-9-17-14(11)16(19)18-10-4-6-12-5-3-7-13(20-2)15(12)18/h3,5,7,11,14,17H,4,6,8-10H2,1-2H3. The highest BCUT2D eigenvalue weighted by Crippen LogP contribution is 2.37. The van der Waals surface area contributed by atoms with Gasteiger partial charge in [0.2, 0.25) is 5.91 Å². The molecule has 0 aromatic heterocycles. The molecule has 0 spiro atoms. The first-order valence-electron chi connectivity index (χ1n) is 7.43. The normalized spacial score (nSPS) is 25.4. The van der Waals surface area contributed by atoms with Gasteiger partial charge in [0.15, 0.2) is 0 Å². The maximum Gasteiger partial charge on any atom is 0.244 e. The van der Waals surface area contributed by atoms with Gasteiger partial charge < -0.3 is 15.0 Å². The maximum absolute atomic E-state index is 12.8. The minimum atomic E-state index is -0.0501. The van der Waals surface area contributed by atoms with Crippen LogP contribution < -0.4 is 15.0 Å². The first-order chi connectivity index (χ1) is 9.72. The Labute approximate surface area is 120 Å². The lowest BCUT2D eigenvalue weighted by Crippen LogP contribution is -2.48. The Morgan fingerprint density at radius 2 is 2.30 bits per heavy atom. The van der Waals surface area contributed by atoms with E-state index in [2.05, 4.69) is 18.3 Å². The van der Waals surface area contributed by atoms with Crippen LogP contribution >= 0.6 is 0 Å². The summed E-state index contributed by atoms with van der Waals surface area (Å²) in [6.07, 6.45) is 3.11. The number of nitrogens with zero attached hydrogens (tertiary/aromatic N) is 1. The smallest absolute Gasteiger partial charge is 0.244 e. The lowest BCUT2D eigenvalue weighted by atomic mass is 9.97. The summed E-state index contributed by atoms with van der Waals surface area (Å²) in [6, 6.07) is 5.99. The van der Waals surface area contributed by atoms with Crippen LogP contribution in [0.4, 0.5) is 5.69 Å². The summed E-state index contributed by atoms with van der Waals surface area (Å²) in [6.45, 7) is 3.87. The number of para-hydroxylation sites is 1. The van der Waals surface area contributed by atoms with Crippen molar-refractivity contribution >= 4 is 11.6 Å². The zero-order chi connectivity index (χ0) is 14.1. The van der Waals surface area contributed by atoms with E-state index < -0.39 is 0 Å². The number of fused-ring (bicyclic) bond motifs is 1. The number of aryl methyl sites for hydroxylation is 1. The number of hydrogen-bond donors (Lipinski definition) is 1. The average Bonchev–Trinajstić information content (AvgIpc) is 2.91. The predicted molar refractivity (Wildman–Crippen MR) is 79.2 cm³/mol. The Kier molecular flexibility index (Phi) is 3.66. The topological polar surface area (TPSA) is 41.6 Å². The fraction of sp³-hybridized carbons (Fsp3) is 0.562. The molecular weight excluding hydrogens is 252 g/mol. The molecule has 108 valence electrons. The molecule has 20 heavy (non-hydrogen) atoms. The number of benzene rings is 1. The van der Waals surface area contributed by atoms with Gasteiger partial charge in [-0.05, 0) is 43.4 Å². The molecule has 1 amide bonds. The number of carbonyl (C=O) groups is 1. The number of carbonyl (C=O) groups excluding carboxylic acids is 1. The van der Waals surface area contributed by atoms with Crippen molar-refractivity contribution in [1.29, 1.82) is 0 Å². The van der Waals surface area contributed by atoms with Crippen LogP contribution in [0.1, 0.15) is 25.3 Å². The SMILES string of the molecule is COc1cccc2c1N(C(=O)C1NCCC1C)CCC2. The van der Waals surface area contributed by atoms with Crippen LogP contribution in [0.25, 0.3) is 0 Å². The summed E-state index contributed by atoms with van der Waals surface area (Å²) >= 11 is 0. The highest BCUT2D eigenvalue weighted by molar-refractivity contribution is 6.00. The summed E-state index contributed by atoms with van der Waals surface area (Å²) in [5, 5.41) is 3.34. The molecule has 2 atom stereocenters. The van der Waals surface area contributed by atoms with Gasteiger partial charge in [-0.3, -0.25) is 4.79 Å². The van der Waals surface area contributed by atoms with E-state index in [1.807, 2.05) is 17.0 Å². The molecule has 4 heteroatoms. The Morgan fingerprint density at radius 3 is 3.00 bits per heavy atom. The van der Waals surface area contributed by atoms with Crippen molar-refractivity contribution in [2.45, 2.75) is 32.2 Å². The third-order valence-corrected chi connectivity index (χ3v) is 4.47. The van der Waals surface area contributed by atoms with Gasteiger partial charge in [0, 0.05) is 6.54 Å². The number of methoxy groups -OCH3 is 1. The molecule has 0 radical (unpaired) electrons. The van der Waals surface area contributed by atoms with Gasteiger partial charge in [-0.2, -0.15) is 0 Å². The second-order valence-electron chi connectivity index (χ2n) is 5.76. The molecular formula is C16H22N2O2. The van der Waals surface area contributed by atoms with Gasteiger partial charge in [0.1, 0.15) is 5.75 Å².